The Bertz CT molecular complexity index is 789. The van der Waals surface area contributed by atoms with Crippen LogP contribution < -0.4 is 11.1 Å². The standard InChI is InChI=1S/C22H32N4O4S/c1-30-13-20(27)25-12-17(26(16-8-9-16)22(29)19-3-2-10-31-19)11-18(25)21(28)24-15-6-4-14(23)5-7-15/h2-3,10,14-18H,4-9,11-13,23H2,1H3,(H,24,28). The minimum absolute atomic E-state index is 0.00367. The third kappa shape index (κ3) is 5.10. The number of nitrogens with zero attached hydrogens (tertiary/aromatic N) is 2. The molecule has 0 spiro atoms. The second-order valence-corrected chi connectivity index (χ2v) is 9.87. The molecule has 9 heteroatoms. The summed E-state index contributed by atoms with van der Waals surface area (Å²) >= 11 is 1.43. The maximum atomic E-state index is 13.2. The van der Waals surface area contributed by atoms with E-state index < -0.39 is 6.04 Å². The van der Waals surface area contributed by atoms with Crippen LogP contribution in [0.15, 0.2) is 17.5 Å². The molecule has 3 N–H and O–H groups in total. The molecule has 1 aromatic rings. The fourth-order valence-electron chi connectivity index (χ4n) is 4.82. The largest absolute Gasteiger partial charge is 0.375 e. The molecule has 2 saturated carbocycles. The van der Waals surface area contributed by atoms with E-state index in [0.29, 0.717) is 17.8 Å². The fraction of sp³-hybridized carbons (Fsp3) is 0.682. The number of methoxy groups -OCH3 is 1. The normalized spacial score (nSPS) is 28.4. The number of amides is 3. The second kappa shape index (κ2) is 9.67. The molecule has 31 heavy (non-hydrogen) atoms. The lowest BCUT2D eigenvalue weighted by atomic mass is 9.91. The van der Waals surface area contributed by atoms with Crippen molar-refractivity contribution in [1.29, 1.82) is 0 Å². The molecule has 1 saturated heterocycles. The Kier molecular flexibility index (Phi) is 6.93. The monoisotopic (exact) mass is 448 g/mol. The minimum Gasteiger partial charge on any atom is -0.375 e. The van der Waals surface area contributed by atoms with Crippen LogP contribution in [0.5, 0.6) is 0 Å². The highest BCUT2D eigenvalue weighted by molar-refractivity contribution is 7.12. The average molecular weight is 449 g/mol. The van der Waals surface area contributed by atoms with Crippen LogP contribution in [0.4, 0.5) is 0 Å². The Hall–Kier alpha value is -1.97. The number of hydrogen-bond donors (Lipinski definition) is 2. The van der Waals surface area contributed by atoms with E-state index in [-0.39, 0.29) is 48.5 Å². The molecule has 3 amide bonds. The number of nitrogens with two attached hydrogens (primary N) is 1. The molecule has 0 radical (unpaired) electrons. The fourth-order valence-corrected chi connectivity index (χ4v) is 5.48. The summed E-state index contributed by atoms with van der Waals surface area (Å²) in [6, 6.07) is 3.46. The molecular weight excluding hydrogens is 416 g/mol. The zero-order valence-corrected chi connectivity index (χ0v) is 18.8. The van der Waals surface area contributed by atoms with Crippen molar-refractivity contribution in [3.05, 3.63) is 22.4 Å². The summed E-state index contributed by atoms with van der Waals surface area (Å²) in [6.45, 7) is 0.292. The molecule has 1 aliphatic heterocycles. The van der Waals surface area contributed by atoms with Gasteiger partial charge < -0.3 is 25.6 Å². The zero-order chi connectivity index (χ0) is 22.0. The van der Waals surface area contributed by atoms with E-state index in [1.807, 2.05) is 22.4 Å². The van der Waals surface area contributed by atoms with Crippen molar-refractivity contribution in [3.63, 3.8) is 0 Å². The number of likely N-dealkylation sites (tertiary alicyclic amines) is 1. The van der Waals surface area contributed by atoms with E-state index in [9.17, 15) is 14.4 Å². The van der Waals surface area contributed by atoms with E-state index in [1.54, 1.807) is 4.90 Å². The van der Waals surface area contributed by atoms with Crippen molar-refractivity contribution >= 4 is 29.1 Å². The number of nitrogens with one attached hydrogen (secondary N) is 1. The maximum absolute atomic E-state index is 13.2. The van der Waals surface area contributed by atoms with Gasteiger partial charge in [-0.2, -0.15) is 0 Å². The van der Waals surface area contributed by atoms with Crippen molar-refractivity contribution in [1.82, 2.24) is 15.1 Å². The highest BCUT2D eigenvalue weighted by Gasteiger charge is 2.47. The predicted octanol–water partition coefficient (Wildman–Crippen LogP) is 1.35. The summed E-state index contributed by atoms with van der Waals surface area (Å²) in [5, 5.41) is 5.04. The van der Waals surface area contributed by atoms with Crippen LogP contribution in [0, 0.1) is 0 Å². The molecular formula is C22H32N4O4S. The van der Waals surface area contributed by atoms with E-state index >= 15 is 0 Å². The topological polar surface area (TPSA) is 105 Å². The van der Waals surface area contributed by atoms with Gasteiger partial charge in [-0.1, -0.05) is 6.07 Å². The molecule has 170 valence electrons. The Balaban J connectivity index is 1.49. The van der Waals surface area contributed by atoms with Gasteiger partial charge in [-0.15, -0.1) is 11.3 Å². The second-order valence-electron chi connectivity index (χ2n) is 8.93. The SMILES string of the molecule is COCC(=O)N1CC(N(C(=O)c2cccs2)C2CC2)CC1C(=O)NC1CCC(N)CC1. The van der Waals surface area contributed by atoms with Gasteiger partial charge in [-0.25, -0.2) is 0 Å². The van der Waals surface area contributed by atoms with Crippen molar-refractivity contribution in [2.24, 2.45) is 5.73 Å². The first-order valence-electron chi connectivity index (χ1n) is 11.2. The quantitative estimate of drug-likeness (QED) is 0.655. The highest BCUT2D eigenvalue weighted by atomic mass is 32.1. The Morgan fingerprint density at radius 1 is 1.19 bits per heavy atom. The Morgan fingerprint density at radius 3 is 2.55 bits per heavy atom. The lowest BCUT2D eigenvalue weighted by Crippen LogP contribution is -2.50. The first kappa shape index (κ1) is 22.2. The van der Waals surface area contributed by atoms with Crippen molar-refractivity contribution in [2.45, 2.75) is 75.2 Å². The van der Waals surface area contributed by atoms with Gasteiger partial charge >= 0.3 is 0 Å². The van der Waals surface area contributed by atoms with E-state index in [1.165, 1.54) is 18.4 Å². The molecule has 2 heterocycles. The van der Waals surface area contributed by atoms with Crippen LogP contribution in [0.1, 0.15) is 54.6 Å². The molecule has 2 unspecified atom stereocenters. The van der Waals surface area contributed by atoms with Crippen molar-refractivity contribution < 1.29 is 19.1 Å². The van der Waals surface area contributed by atoms with Crippen LogP contribution in [0.2, 0.25) is 0 Å². The van der Waals surface area contributed by atoms with Crippen LogP contribution >= 0.6 is 11.3 Å². The molecule has 2 aliphatic carbocycles. The Labute approximate surface area is 187 Å². The van der Waals surface area contributed by atoms with E-state index in [4.69, 9.17) is 10.5 Å². The molecule has 4 rings (SSSR count). The Morgan fingerprint density at radius 2 is 1.94 bits per heavy atom. The van der Waals surface area contributed by atoms with Crippen LogP contribution in [0.3, 0.4) is 0 Å². The number of carbonyl (C=O) groups is 3. The van der Waals surface area contributed by atoms with Gasteiger partial charge in [0.15, 0.2) is 0 Å². The van der Waals surface area contributed by atoms with Crippen LogP contribution in [0.25, 0.3) is 0 Å². The number of ether oxygens (including phenoxy) is 1. The predicted molar refractivity (Wildman–Crippen MR) is 118 cm³/mol. The summed E-state index contributed by atoms with van der Waals surface area (Å²) < 4.78 is 5.05. The lowest BCUT2D eigenvalue weighted by molar-refractivity contribution is -0.141. The number of thiophene rings is 1. The number of hydrogen-bond acceptors (Lipinski definition) is 6. The van der Waals surface area contributed by atoms with Gasteiger partial charge in [0.2, 0.25) is 11.8 Å². The lowest BCUT2D eigenvalue weighted by Gasteiger charge is -2.30. The van der Waals surface area contributed by atoms with E-state index in [2.05, 4.69) is 5.32 Å². The molecule has 0 bridgehead atoms. The third-order valence-electron chi connectivity index (χ3n) is 6.59. The van der Waals surface area contributed by atoms with E-state index in [0.717, 1.165) is 38.5 Å². The summed E-state index contributed by atoms with van der Waals surface area (Å²) in [4.78, 5) is 43.4. The van der Waals surface area contributed by atoms with Gasteiger partial charge in [0.25, 0.3) is 5.91 Å². The molecule has 8 nitrogen and oxygen atoms in total. The first-order valence-corrected chi connectivity index (χ1v) is 12.1. The maximum Gasteiger partial charge on any atom is 0.264 e. The summed E-state index contributed by atoms with van der Waals surface area (Å²) in [7, 11) is 1.47. The number of rotatable bonds is 7. The first-order chi connectivity index (χ1) is 15.0. The van der Waals surface area contributed by atoms with Gasteiger partial charge in [-0.05, 0) is 56.4 Å². The summed E-state index contributed by atoms with van der Waals surface area (Å²) in [5.41, 5.74) is 5.98. The zero-order valence-electron chi connectivity index (χ0n) is 18.0. The molecule has 0 aromatic carbocycles. The third-order valence-corrected chi connectivity index (χ3v) is 7.45. The van der Waals surface area contributed by atoms with Gasteiger partial charge in [-0.3, -0.25) is 14.4 Å². The number of carbonyl (C=O) groups excluding carboxylic acids is 3. The summed E-state index contributed by atoms with van der Waals surface area (Å²) in [6.07, 6.45) is 5.92. The highest BCUT2D eigenvalue weighted by Crippen LogP contribution is 2.35. The van der Waals surface area contributed by atoms with Gasteiger partial charge in [0.05, 0.1) is 10.9 Å². The summed E-state index contributed by atoms with van der Waals surface area (Å²) in [5.74, 6) is -0.342. The van der Waals surface area contributed by atoms with Crippen molar-refractivity contribution in [3.8, 4) is 0 Å². The van der Waals surface area contributed by atoms with Crippen LogP contribution in [-0.2, 0) is 14.3 Å². The molecule has 3 fully saturated rings. The van der Waals surface area contributed by atoms with Gasteiger partial charge in [0.1, 0.15) is 12.6 Å². The molecule has 1 aromatic heterocycles. The smallest absolute Gasteiger partial charge is 0.264 e. The molecule has 3 aliphatic rings. The average Bonchev–Trinajstić information content (AvgIpc) is 3.25. The van der Waals surface area contributed by atoms with Crippen molar-refractivity contribution in [2.75, 3.05) is 20.3 Å². The molecule has 2 atom stereocenters. The van der Waals surface area contributed by atoms with Gasteiger partial charge in [0, 0.05) is 31.8 Å². The van der Waals surface area contributed by atoms with Crippen LogP contribution in [-0.4, -0.2) is 78.0 Å². The minimum atomic E-state index is -0.583.